The molecule has 1 aliphatic rings. The first-order chi connectivity index (χ1) is 27.4. The van der Waals surface area contributed by atoms with E-state index < -0.39 is 0 Å². The summed E-state index contributed by atoms with van der Waals surface area (Å²) in [6.45, 7) is 25.8. The topological polar surface area (TPSA) is 33.5 Å². The van der Waals surface area contributed by atoms with Crippen LogP contribution in [0.25, 0.3) is 27.6 Å². The molecular formula is C53H58N4O. The molecule has 8 rings (SSSR count). The van der Waals surface area contributed by atoms with E-state index in [4.69, 9.17) is 9.72 Å². The Morgan fingerprint density at radius 1 is 0.500 bits per heavy atom. The number of allylic oxidation sites excluding steroid dienone is 1. The molecule has 0 atom stereocenters. The third kappa shape index (κ3) is 7.39. The van der Waals surface area contributed by atoms with Gasteiger partial charge < -0.3 is 14.5 Å². The van der Waals surface area contributed by atoms with Crippen molar-refractivity contribution in [3.63, 3.8) is 0 Å². The van der Waals surface area contributed by atoms with Crippen molar-refractivity contribution in [2.45, 2.75) is 92.4 Å². The number of nitrogens with zero attached hydrogens (tertiary/aromatic N) is 4. The van der Waals surface area contributed by atoms with Crippen molar-refractivity contribution in [2.75, 3.05) is 16.5 Å². The lowest BCUT2D eigenvalue weighted by atomic mass is 9.78. The van der Waals surface area contributed by atoms with Gasteiger partial charge in [-0.1, -0.05) is 137 Å². The number of para-hydroxylation sites is 1. The summed E-state index contributed by atoms with van der Waals surface area (Å²) in [5.41, 5.74) is 10.5. The second-order valence-corrected chi connectivity index (χ2v) is 19.6. The van der Waals surface area contributed by atoms with Gasteiger partial charge in [-0.2, -0.15) is 0 Å². The van der Waals surface area contributed by atoms with Crippen LogP contribution >= 0.6 is 0 Å². The van der Waals surface area contributed by atoms with E-state index in [9.17, 15) is 0 Å². The second-order valence-electron chi connectivity index (χ2n) is 19.6. The molecule has 0 aliphatic carbocycles. The molecule has 0 unspecified atom stereocenters. The highest BCUT2D eigenvalue weighted by Crippen LogP contribution is 2.43. The van der Waals surface area contributed by atoms with Gasteiger partial charge in [-0.05, 0) is 87.7 Å². The Morgan fingerprint density at radius 2 is 1.17 bits per heavy atom. The number of pyridine rings is 1. The summed E-state index contributed by atoms with van der Waals surface area (Å²) in [5.74, 6) is 2.50. The second kappa shape index (κ2) is 14.2. The first-order valence-corrected chi connectivity index (χ1v) is 20.6. The summed E-state index contributed by atoms with van der Waals surface area (Å²) in [7, 11) is 0. The molecule has 3 heterocycles. The Bertz CT molecular complexity index is 2660. The van der Waals surface area contributed by atoms with E-state index in [0.29, 0.717) is 6.67 Å². The van der Waals surface area contributed by atoms with Crippen molar-refractivity contribution in [3.8, 4) is 17.3 Å². The Balaban J connectivity index is 1.18. The average Bonchev–Trinajstić information content (AvgIpc) is 3.79. The van der Waals surface area contributed by atoms with Gasteiger partial charge in [0.1, 0.15) is 17.3 Å². The van der Waals surface area contributed by atoms with Crippen LogP contribution in [0.5, 0.6) is 11.5 Å². The molecule has 1 aliphatic heterocycles. The van der Waals surface area contributed by atoms with Gasteiger partial charge in [0.05, 0.1) is 17.7 Å². The number of rotatable bonds is 7. The molecule has 0 fully saturated rings. The van der Waals surface area contributed by atoms with E-state index in [2.05, 4.69) is 224 Å². The molecule has 0 N–H and O–H groups in total. The molecule has 58 heavy (non-hydrogen) atoms. The standard InChI is InChI=1S/C53H58N4O/c1-50(2,3)37-26-27-54-49(31-37)57-46-23-16-15-22-44(46)45-25-24-42(33-47(45)57)58-43-30-39(51(4,5)6)29-41(32-43)55-34-48(52(7,8)9)56(35-55)40-21-17-20-38(28-40)53(10,11)36-18-13-12-14-19-36/h12-34H,35H2,1-11H3. The molecule has 0 spiro atoms. The smallest absolute Gasteiger partial charge is 0.137 e. The summed E-state index contributed by atoms with van der Waals surface area (Å²) >= 11 is 0. The van der Waals surface area contributed by atoms with Gasteiger partial charge >= 0.3 is 0 Å². The predicted molar refractivity (Wildman–Crippen MR) is 245 cm³/mol. The van der Waals surface area contributed by atoms with Crippen molar-refractivity contribution in [1.29, 1.82) is 0 Å². The van der Waals surface area contributed by atoms with E-state index >= 15 is 0 Å². The van der Waals surface area contributed by atoms with Crippen molar-refractivity contribution < 1.29 is 4.74 Å². The largest absolute Gasteiger partial charge is 0.457 e. The molecule has 0 saturated heterocycles. The molecule has 7 aromatic rings. The van der Waals surface area contributed by atoms with Crippen LogP contribution in [0.4, 0.5) is 11.4 Å². The van der Waals surface area contributed by atoms with Crippen LogP contribution in [-0.2, 0) is 16.2 Å². The van der Waals surface area contributed by atoms with E-state index in [1.165, 1.54) is 44.4 Å². The van der Waals surface area contributed by atoms with Crippen LogP contribution in [0, 0.1) is 5.41 Å². The van der Waals surface area contributed by atoms with Gasteiger partial charge in [-0.3, -0.25) is 4.57 Å². The van der Waals surface area contributed by atoms with Crippen molar-refractivity contribution in [1.82, 2.24) is 9.55 Å². The van der Waals surface area contributed by atoms with Crippen LogP contribution in [0.15, 0.2) is 145 Å². The molecule has 2 aromatic heterocycles. The van der Waals surface area contributed by atoms with E-state index in [-0.39, 0.29) is 21.7 Å². The van der Waals surface area contributed by atoms with Crippen LogP contribution in [0.2, 0.25) is 0 Å². The zero-order valence-corrected chi connectivity index (χ0v) is 36.2. The number of aromatic nitrogens is 2. The summed E-state index contributed by atoms with van der Waals surface area (Å²) in [6, 6.07) is 46.0. The summed E-state index contributed by atoms with van der Waals surface area (Å²) in [6.07, 6.45) is 4.27. The van der Waals surface area contributed by atoms with Gasteiger partial charge in [0.25, 0.3) is 0 Å². The Morgan fingerprint density at radius 3 is 1.90 bits per heavy atom. The molecule has 0 saturated carbocycles. The van der Waals surface area contributed by atoms with Gasteiger partial charge in [0, 0.05) is 63.2 Å². The third-order valence-electron chi connectivity index (χ3n) is 11.8. The molecule has 5 aromatic carbocycles. The van der Waals surface area contributed by atoms with Gasteiger partial charge in [0.15, 0.2) is 0 Å². The highest BCUT2D eigenvalue weighted by Gasteiger charge is 2.33. The van der Waals surface area contributed by atoms with Crippen LogP contribution in [0.3, 0.4) is 0 Å². The van der Waals surface area contributed by atoms with Crippen molar-refractivity contribution in [3.05, 3.63) is 168 Å². The number of benzene rings is 5. The molecule has 5 heteroatoms. The lowest BCUT2D eigenvalue weighted by Gasteiger charge is -2.33. The maximum Gasteiger partial charge on any atom is 0.137 e. The highest BCUT2D eigenvalue weighted by atomic mass is 16.5. The first kappa shape index (κ1) is 39.0. The number of anilines is 2. The minimum atomic E-state index is -0.139. The van der Waals surface area contributed by atoms with Gasteiger partial charge in [0.2, 0.25) is 0 Å². The van der Waals surface area contributed by atoms with Crippen molar-refractivity contribution >= 4 is 33.2 Å². The number of fused-ring (bicyclic) bond motifs is 3. The molecule has 0 radical (unpaired) electrons. The number of hydrogen-bond donors (Lipinski definition) is 0. The molecule has 0 bridgehead atoms. The quantitative estimate of drug-likeness (QED) is 0.162. The van der Waals surface area contributed by atoms with Gasteiger partial charge in [-0.25, -0.2) is 4.98 Å². The zero-order chi connectivity index (χ0) is 41.2. The van der Waals surface area contributed by atoms with Crippen LogP contribution in [-0.4, -0.2) is 16.2 Å². The van der Waals surface area contributed by atoms with Crippen molar-refractivity contribution in [2.24, 2.45) is 5.41 Å². The molecule has 0 amide bonds. The molecular weight excluding hydrogens is 709 g/mol. The zero-order valence-electron chi connectivity index (χ0n) is 36.2. The maximum atomic E-state index is 6.89. The number of ether oxygens (including phenoxy) is 1. The summed E-state index contributed by atoms with van der Waals surface area (Å²) in [5, 5.41) is 2.36. The lowest BCUT2D eigenvalue weighted by Crippen LogP contribution is -2.31. The highest BCUT2D eigenvalue weighted by molar-refractivity contribution is 6.09. The fourth-order valence-electron chi connectivity index (χ4n) is 8.19. The van der Waals surface area contributed by atoms with Crippen LogP contribution < -0.4 is 14.5 Å². The lowest BCUT2D eigenvalue weighted by molar-refractivity contribution is 0.479. The monoisotopic (exact) mass is 766 g/mol. The van der Waals surface area contributed by atoms with Crippen LogP contribution in [0.1, 0.15) is 98.4 Å². The Hall–Kier alpha value is -5.81. The first-order valence-electron chi connectivity index (χ1n) is 20.6. The van der Waals surface area contributed by atoms with E-state index in [0.717, 1.165) is 34.0 Å². The van der Waals surface area contributed by atoms with Gasteiger partial charge in [-0.15, -0.1) is 0 Å². The number of hydrogen-bond acceptors (Lipinski definition) is 4. The minimum Gasteiger partial charge on any atom is -0.457 e. The molecule has 296 valence electrons. The Kier molecular flexibility index (Phi) is 9.58. The minimum absolute atomic E-state index is 0.000965. The van der Waals surface area contributed by atoms with E-state index in [1.807, 2.05) is 6.20 Å². The SMILES string of the molecule is CC(C)(C)C1=CN(c2cc(Oc3ccc4c5ccccc5n(-c5cc(C(C)(C)C)ccn5)c4c3)cc(C(C)(C)C)c2)CN1c1cccc(C(C)(C)c2ccccc2)c1. The van der Waals surface area contributed by atoms with E-state index in [1.54, 1.807) is 0 Å². The summed E-state index contributed by atoms with van der Waals surface area (Å²) in [4.78, 5) is 9.75. The fourth-order valence-corrected chi connectivity index (χ4v) is 8.19. The predicted octanol–water partition coefficient (Wildman–Crippen LogP) is 14.1. The average molecular weight is 767 g/mol. The normalized spacial score (nSPS) is 14.1. The Labute approximate surface area is 345 Å². The maximum absolute atomic E-state index is 6.89. The molecule has 5 nitrogen and oxygen atoms in total. The third-order valence-corrected chi connectivity index (χ3v) is 11.8. The fraction of sp³-hybridized carbons (Fsp3) is 0.302. The summed E-state index contributed by atoms with van der Waals surface area (Å²) < 4.78 is 9.17.